The Morgan fingerprint density at radius 2 is 1.75 bits per heavy atom. The van der Waals surface area contributed by atoms with E-state index in [1.54, 1.807) is 12.5 Å². The van der Waals surface area contributed by atoms with Crippen molar-refractivity contribution in [2.75, 3.05) is 6.54 Å². The first kappa shape index (κ1) is 13.0. The number of carbonyl (C=O) groups is 1. The molecule has 106 valence electrons. The summed E-state index contributed by atoms with van der Waals surface area (Å²) in [5, 5.41) is 3.00. The first-order valence-corrected chi connectivity index (χ1v) is 6.86. The Balaban J connectivity index is 1.60. The number of furan rings is 2. The van der Waals surface area contributed by atoms with Crippen molar-refractivity contribution in [1.29, 1.82) is 0 Å². The van der Waals surface area contributed by atoms with Crippen molar-refractivity contribution in [3.05, 3.63) is 48.3 Å². The van der Waals surface area contributed by atoms with Gasteiger partial charge < -0.3 is 14.2 Å². The second kappa shape index (κ2) is 5.96. The Hall–Kier alpha value is -2.01. The van der Waals surface area contributed by atoms with Crippen LogP contribution in [0.3, 0.4) is 0 Å². The fourth-order valence-corrected chi connectivity index (χ4v) is 2.12. The number of amides is 1. The van der Waals surface area contributed by atoms with Crippen LogP contribution in [-0.4, -0.2) is 23.4 Å². The number of nitrogens with one attached hydrogen (secondary N) is 1. The summed E-state index contributed by atoms with van der Waals surface area (Å²) < 4.78 is 10.7. The third kappa shape index (κ3) is 3.74. The van der Waals surface area contributed by atoms with Crippen LogP contribution in [0.15, 0.2) is 45.6 Å². The Morgan fingerprint density at radius 1 is 1.15 bits per heavy atom. The summed E-state index contributed by atoms with van der Waals surface area (Å²) in [6.07, 6.45) is 5.49. The van der Waals surface area contributed by atoms with Crippen LogP contribution in [0.5, 0.6) is 0 Å². The molecular weight excluding hydrogens is 256 g/mol. The van der Waals surface area contributed by atoms with Gasteiger partial charge in [-0.25, -0.2) is 0 Å². The number of carbonyl (C=O) groups excluding carboxylic acids is 1. The maximum absolute atomic E-state index is 11.9. The van der Waals surface area contributed by atoms with E-state index >= 15 is 0 Å². The Kier molecular flexibility index (Phi) is 3.87. The van der Waals surface area contributed by atoms with Gasteiger partial charge in [0, 0.05) is 6.04 Å². The second-order valence-corrected chi connectivity index (χ2v) is 5.15. The number of hydrogen-bond donors (Lipinski definition) is 1. The van der Waals surface area contributed by atoms with Gasteiger partial charge in [-0.05, 0) is 37.1 Å². The van der Waals surface area contributed by atoms with E-state index in [4.69, 9.17) is 8.83 Å². The first-order valence-electron chi connectivity index (χ1n) is 6.86. The van der Waals surface area contributed by atoms with Gasteiger partial charge in [-0.3, -0.25) is 9.69 Å². The molecule has 5 heteroatoms. The minimum absolute atomic E-state index is 0.0608. The molecule has 5 nitrogen and oxygen atoms in total. The quantitative estimate of drug-likeness (QED) is 0.840. The molecule has 1 saturated carbocycles. The largest absolute Gasteiger partial charge is 0.468 e. The Labute approximate surface area is 117 Å². The van der Waals surface area contributed by atoms with Crippen molar-refractivity contribution in [2.45, 2.75) is 32.0 Å². The molecule has 0 spiro atoms. The van der Waals surface area contributed by atoms with Crippen LogP contribution in [0, 0.1) is 0 Å². The number of rotatable bonds is 7. The summed E-state index contributed by atoms with van der Waals surface area (Å²) >= 11 is 0. The molecule has 0 atom stereocenters. The highest BCUT2D eigenvalue weighted by molar-refractivity contribution is 5.78. The van der Waals surface area contributed by atoms with Crippen LogP contribution >= 0.6 is 0 Å². The normalized spacial score (nSPS) is 14.7. The van der Waals surface area contributed by atoms with Crippen LogP contribution < -0.4 is 5.32 Å². The van der Waals surface area contributed by atoms with Gasteiger partial charge in [0.25, 0.3) is 0 Å². The molecule has 1 aliphatic rings. The SMILES string of the molecule is O=C(CN(Cc1ccco1)Cc1ccco1)NC1CC1. The smallest absolute Gasteiger partial charge is 0.234 e. The zero-order valence-electron chi connectivity index (χ0n) is 11.2. The average molecular weight is 274 g/mol. The van der Waals surface area contributed by atoms with E-state index in [1.807, 2.05) is 29.2 Å². The van der Waals surface area contributed by atoms with Gasteiger partial charge >= 0.3 is 0 Å². The van der Waals surface area contributed by atoms with Crippen LogP contribution in [0.25, 0.3) is 0 Å². The molecule has 2 heterocycles. The predicted octanol–water partition coefficient (Wildman–Crippen LogP) is 2.15. The van der Waals surface area contributed by atoms with Crippen molar-refractivity contribution < 1.29 is 13.6 Å². The number of nitrogens with zero attached hydrogens (tertiary/aromatic N) is 1. The summed E-state index contributed by atoms with van der Waals surface area (Å²) in [5.41, 5.74) is 0. The standard InChI is InChI=1S/C15H18N2O3/c18-15(16-12-5-6-12)11-17(9-13-3-1-7-19-13)10-14-4-2-8-20-14/h1-4,7-8,12H,5-6,9-11H2,(H,16,18). The van der Waals surface area contributed by atoms with Crippen molar-refractivity contribution in [3.8, 4) is 0 Å². The fourth-order valence-electron chi connectivity index (χ4n) is 2.12. The van der Waals surface area contributed by atoms with Crippen LogP contribution in [0.1, 0.15) is 24.4 Å². The topological polar surface area (TPSA) is 58.6 Å². The number of hydrogen-bond acceptors (Lipinski definition) is 4. The highest BCUT2D eigenvalue weighted by atomic mass is 16.3. The van der Waals surface area contributed by atoms with Crippen molar-refractivity contribution in [1.82, 2.24) is 10.2 Å². The molecule has 0 unspecified atom stereocenters. The highest BCUT2D eigenvalue weighted by Crippen LogP contribution is 2.18. The fraction of sp³-hybridized carbons (Fsp3) is 0.400. The van der Waals surface area contributed by atoms with E-state index in [2.05, 4.69) is 5.32 Å². The van der Waals surface area contributed by atoms with Gasteiger partial charge in [0.05, 0.1) is 32.2 Å². The average Bonchev–Trinajstić information content (AvgIpc) is 2.91. The summed E-state index contributed by atoms with van der Waals surface area (Å²) in [4.78, 5) is 14.0. The lowest BCUT2D eigenvalue weighted by Gasteiger charge is -2.19. The van der Waals surface area contributed by atoms with E-state index in [9.17, 15) is 4.79 Å². The van der Waals surface area contributed by atoms with Crippen molar-refractivity contribution in [3.63, 3.8) is 0 Å². The van der Waals surface area contributed by atoms with E-state index in [1.165, 1.54) is 0 Å². The molecule has 2 aromatic rings. The van der Waals surface area contributed by atoms with Gasteiger partial charge in [0.15, 0.2) is 0 Å². The third-order valence-corrected chi connectivity index (χ3v) is 3.23. The zero-order valence-corrected chi connectivity index (χ0v) is 11.2. The molecule has 3 rings (SSSR count). The van der Waals surface area contributed by atoms with E-state index in [0.717, 1.165) is 24.4 Å². The van der Waals surface area contributed by atoms with E-state index in [0.29, 0.717) is 25.7 Å². The van der Waals surface area contributed by atoms with Gasteiger partial charge in [0.2, 0.25) is 5.91 Å². The molecule has 0 radical (unpaired) electrons. The summed E-state index contributed by atoms with van der Waals surface area (Å²) in [6.45, 7) is 1.52. The van der Waals surface area contributed by atoms with E-state index < -0.39 is 0 Å². The minimum atomic E-state index is 0.0608. The molecule has 0 aliphatic heterocycles. The van der Waals surface area contributed by atoms with Crippen LogP contribution in [-0.2, 0) is 17.9 Å². The summed E-state index contributed by atoms with van der Waals surface area (Å²) in [5.74, 6) is 1.75. The maximum Gasteiger partial charge on any atom is 0.234 e. The highest BCUT2D eigenvalue weighted by Gasteiger charge is 2.24. The molecule has 1 amide bonds. The molecule has 1 N–H and O–H groups in total. The second-order valence-electron chi connectivity index (χ2n) is 5.15. The first-order chi connectivity index (χ1) is 9.79. The van der Waals surface area contributed by atoms with Gasteiger partial charge in [-0.2, -0.15) is 0 Å². The van der Waals surface area contributed by atoms with Crippen LogP contribution in [0.2, 0.25) is 0 Å². The summed E-state index contributed by atoms with van der Waals surface area (Å²) in [7, 11) is 0. The lowest BCUT2D eigenvalue weighted by molar-refractivity contribution is -0.122. The maximum atomic E-state index is 11.9. The minimum Gasteiger partial charge on any atom is -0.468 e. The molecule has 0 saturated heterocycles. The molecule has 1 aliphatic carbocycles. The predicted molar refractivity (Wildman–Crippen MR) is 72.7 cm³/mol. The zero-order chi connectivity index (χ0) is 13.8. The van der Waals surface area contributed by atoms with Gasteiger partial charge in [0.1, 0.15) is 11.5 Å². The van der Waals surface area contributed by atoms with Gasteiger partial charge in [-0.15, -0.1) is 0 Å². The summed E-state index contributed by atoms with van der Waals surface area (Å²) in [6, 6.07) is 7.91. The van der Waals surface area contributed by atoms with Gasteiger partial charge in [-0.1, -0.05) is 0 Å². The molecule has 1 fully saturated rings. The third-order valence-electron chi connectivity index (χ3n) is 3.23. The lowest BCUT2D eigenvalue weighted by Crippen LogP contribution is -2.37. The Morgan fingerprint density at radius 3 is 2.20 bits per heavy atom. The molecule has 0 aromatic carbocycles. The molecule has 2 aromatic heterocycles. The van der Waals surface area contributed by atoms with Crippen molar-refractivity contribution in [2.24, 2.45) is 0 Å². The molecule has 0 bridgehead atoms. The van der Waals surface area contributed by atoms with Crippen molar-refractivity contribution >= 4 is 5.91 Å². The van der Waals surface area contributed by atoms with E-state index in [-0.39, 0.29) is 5.91 Å². The Bertz CT molecular complexity index is 493. The lowest BCUT2D eigenvalue weighted by atomic mass is 10.3. The van der Waals surface area contributed by atoms with Crippen LogP contribution in [0.4, 0.5) is 0 Å². The molecular formula is C15H18N2O3. The monoisotopic (exact) mass is 274 g/mol. The molecule has 20 heavy (non-hydrogen) atoms.